The predicted octanol–water partition coefficient (Wildman–Crippen LogP) is 4.38. The number of halogens is 6. The Kier molecular flexibility index (Phi) is 4.59. The molecule has 5 nitrogen and oxygen atoms in total. The molecule has 2 aromatic heterocycles. The van der Waals surface area contributed by atoms with E-state index in [1.54, 1.807) is 18.9 Å². The van der Waals surface area contributed by atoms with Gasteiger partial charge in [0.25, 0.3) is 0 Å². The fourth-order valence-electron chi connectivity index (χ4n) is 3.97. The highest BCUT2D eigenvalue weighted by Gasteiger charge is 2.37. The van der Waals surface area contributed by atoms with Gasteiger partial charge in [-0.1, -0.05) is 0 Å². The molecule has 160 valence electrons. The van der Waals surface area contributed by atoms with Crippen LogP contribution in [0.4, 0.5) is 32.2 Å². The van der Waals surface area contributed by atoms with E-state index in [2.05, 4.69) is 10.2 Å². The molecule has 3 aromatic rings. The number of benzene rings is 1. The molecule has 1 aliphatic rings. The van der Waals surface area contributed by atoms with Crippen molar-refractivity contribution in [1.82, 2.24) is 19.6 Å². The van der Waals surface area contributed by atoms with E-state index in [1.807, 2.05) is 0 Å². The Morgan fingerprint density at radius 2 is 1.60 bits per heavy atom. The lowest BCUT2D eigenvalue weighted by atomic mass is 9.95. The first-order valence-electron chi connectivity index (χ1n) is 9.07. The van der Waals surface area contributed by atoms with E-state index in [0.717, 1.165) is 22.9 Å². The molecule has 3 heterocycles. The summed E-state index contributed by atoms with van der Waals surface area (Å²) in [7, 11) is 2.81. The number of anilines is 1. The van der Waals surface area contributed by atoms with Gasteiger partial charge in [0, 0.05) is 37.8 Å². The number of alkyl halides is 3. The maximum absolute atomic E-state index is 13.7. The van der Waals surface area contributed by atoms with Crippen molar-refractivity contribution in [3.63, 3.8) is 0 Å². The smallest absolute Gasteiger partial charge is 0.346 e. The van der Waals surface area contributed by atoms with Gasteiger partial charge in [0.15, 0.2) is 23.3 Å². The largest absolute Gasteiger partial charge is 0.433 e. The van der Waals surface area contributed by atoms with Gasteiger partial charge in [0.05, 0.1) is 17.4 Å². The van der Waals surface area contributed by atoms with E-state index in [-0.39, 0.29) is 11.4 Å². The van der Waals surface area contributed by atoms with E-state index in [4.69, 9.17) is 0 Å². The second kappa shape index (κ2) is 6.78. The van der Waals surface area contributed by atoms with Crippen molar-refractivity contribution in [1.29, 1.82) is 0 Å². The number of aromatic nitrogens is 4. The number of aryl methyl sites for hydroxylation is 2. The Labute approximate surface area is 167 Å². The second-order valence-electron chi connectivity index (χ2n) is 7.22. The molecule has 0 aliphatic carbocycles. The quantitative estimate of drug-likeness (QED) is 0.448. The third-order valence-electron chi connectivity index (χ3n) is 5.35. The van der Waals surface area contributed by atoms with Gasteiger partial charge in [0.2, 0.25) is 0 Å². The third-order valence-corrected chi connectivity index (χ3v) is 5.35. The number of nitrogens with zero attached hydrogens (tertiary/aromatic N) is 5. The summed E-state index contributed by atoms with van der Waals surface area (Å²) in [6, 6.07) is 2.36. The van der Waals surface area contributed by atoms with Gasteiger partial charge in [-0.15, -0.1) is 0 Å². The van der Waals surface area contributed by atoms with Crippen molar-refractivity contribution in [3.8, 4) is 11.3 Å². The van der Waals surface area contributed by atoms with Gasteiger partial charge in [-0.05, 0) is 25.5 Å². The van der Waals surface area contributed by atoms with Crippen LogP contribution in [0.25, 0.3) is 11.3 Å². The normalized spacial score (nSPS) is 16.8. The summed E-state index contributed by atoms with van der Waals surface area (Å²) in [6.45, 7) is 2.09. The molecule has 0 fully saturated rings. The van der Waals surface area contributed by atoms with Gasteiger partial charge in [0.1, 0.15) is 5.69 Å². The Morgan fingerprint density at radius 1 is 0.967 bits per heavy atom. The Morgan fingerprint density at radius 3 is 2.17 bits per heavy atom. The van der Waals surface area contributed by atoms with Gasteiger partial charge < -0.3 is 4.90 Å². The average molecular weight is 429 g/mol. The van der Waals surface area contributed by atoms with E-state index in [0.29, 0.717) is 29.9 Å². The molecule has 1 atom stereocenters. The first-order valence-corrected chi connectivity index (χ1v) is 9.07. The molecule has 0 amide bonds. The van der Waals surface area contributed by atoms with E-state index in [9.17, 15) is 26.3 Å². The van der Waals surface area contributed by atoms with E-state index < -0.39 is 35.4 Å². The molecule has 0 N–H and O–H groups in total. The highest BCUT2D eigenvalue weighted by atomic mass is 19.4. The van der Waals surface area contributed by atoms with Crippen LogP contribution < -0.4 is 4.90 Å². The van der Waals surface area contributed by atoms with Crippen molar-refractivity contribution in [3.05, 3.63) is 52.6 Å². The number of hydrogen-bond donors (Lipinski definition) is 0. The third kappa shape index (κ3) is 3.12. The highest BCUT2D eigenvalue weighted by Crippen LogP contribution is 2.39. The molecule has 11 heteroatoms. The molecular formula is C19H17F6N5. The molecule has 0 unspecified atom stereocenters. The minimum Gasteiger partial charge on any atom is -0.346 e. The van der Waals surface area contributed by atoms with Crippen LogP contribution in [0.3, 0.4) is 0 Å². The van der Waals surface area contributed by atoms with E-state index >= 15 is 0 Å². The SMILES string of the molecule is C[C@H]1c2nn(C)c(-c3cc(F)c(F)c(F)c3)c2CCN1c1cc(C(F)(F)F)n(C)n1. The number of rotatable bonds is 2. The predicted molar refractivity (Wildman–Crippen MR) is 96.2 cm³/mol. The van der Waals surface area contributed by atoms with Crippen LogP contribution >= 0.6 is 0 Å². The fraction of sp³-hybridized carbons (Fsp3) is 0.368. The summed E-state index contributed by atoms with van der Waals surface area (Å²) in [5.74, 6) is -4.00. The maximum Gasteiger partial charge on any atom is 0.433 e. The first-order chi connectivity index (χ1) is 14.0. The molecule has 4 rings (SSSR count). The highest BCUT2D eigenvalue weighted by molar-refractivity contribution is 5.67. The lowest BCUT2D eigenvalue weighted by molar-refractivity contribution is -0.143. The second-order valence-corrected chi connectivity index (χ2v) is 7.22. The molecule has 0 spiro atoms. The first kappa shape index (κ1) is 20.3. The molecule has 0 saturated carbocycles. The molecule has 1 aliphatic heterocycles. The van der Waals surface area contributed by atoms with Crippen molar-refractivity contribution < 1.29 is 26.3 Å². The van der Waals surface area contributed by atoms with Crippen LogP contribution in [0.2, 0.25) is 0 Å². The van der Waals surface area contributed by atoms with Gasteiger partial charge in [-0.3, -0.25) is 9.36 Å². The zero-order valence-electron chi connectivity index (χ0n) is 16.2. The van der Waals surface area contributed by atoms with Gasteiger partial charge in [-0.25, -0.2) is 13.2 Å². The number of fused-ring (bicyclic) bond motifs is 1. The van der Waals surface area contributed by atoms with Crippen molar-refractivity contribution >= 4 is 5.82 Å². The summed E-state index contributed by atoms with van der Waals surface area (Å²) in [5, 5.41) is 8.42. The fourth-order valence-corrected chi connectivity index (χ4v) is 3.97. The lowest BCUT2D eigenvalue weighted by Crippen LogP contribution is -2.34. The molecule has 0 bridgehead atoms. The van der Waals surface area contributed by atoms with Crippen LogP contribution in [-0.2, 0) is 26.7 Å². The molecular weight excluding hydrogens is 412 g/mol. The Bertz CT molecular complexity index is 1110. The summed E-state index contributed by atoms with van der Waals surface area (Å²) in [6.07, 6.45) is -4.17. The van der Waals surface area contributed by atoms with Crippen LogP contribution in [0.1, 0.15) is 29.9 Å². The average Bonchev–Trinajstić information content (AvgIpc) is 3.19. The van der Waals surface area contributed by atoms with Gasteiger partial charge >= 0.3 is 6.18 Å². The van der Waals surface area contributed by atoms with Crippen LogP contribution in [0.15, 0.2) is 18.2 Å². The maximum atomic E-state index is 13.7. The topological polar surface area (TPSA) is 38.9 Å². The molecule has 0 saturated heterocycles. The van der Waals surface area contributed by atoms with Crippen LogP contribution in [-0.4, -0.2) is 26.1 Å². The lowest BCUT2D eigenvalue weighted by Gasteiger charge is -2.33. The zero-order valence-corrected chi connectivity index (χ0v) is 16.2. The monoisotopic (exact) mass is 429 g/mol. The molecule has 30 heavy (non-hydrogen) atoms. The summed E-state index contributed by atoms with van der Waals surface area (Å²) in [4.78, 5) is 1.69. The minimum absolute atomic E-state index is 0.139. The van der Waals surface area contributed by atoms with Crippen molar-refractivity contribution in [2.45, 2.75) is 25.6 Å². The molecule has 1 aromatic carbocycles. The van der Waals surface area contributed by atoms with Crippen molar-refractivity contribution in [2.75, 3.05) is 11.4 Å². The Balaban J connectivity index is 1.74. The van der Waals surface area contributed by atoms with Crippen LogP contribution in [0, 0.1) is 17.5 Å². The van der Waals surface area contributed by atoms with Crippen LogP contribution in [0.5, 0.6) is 0 Å². The van der Waals surface area contributed by atoms with Crippen molar-refractivity contribution in [2.24, 2.45) is 14.1 Å². The zero-order chi connectivity index (χ0) is 22.0. The summed E-state index contributed by atoms with van der Waals surface area (Å²) < 4.78 is 82.4. The van der Waals surface area contributed by atoms with Gasteiger partial charge in [-0.2, -0.15) is 23.4 Å². The Hall–Kier alpha value is -2.98. The standard InChI is InChI=1S/C19H17F6N5/c1-9-17-11(4-5-30(9)15-8-14(19(23,24)25)28(2)26-15)18(29(3)27-17)10-6-12(20)16(22)13(21)7-10/h6-9H,4-5H2,1-3H3/t9-/m0/s1. The summed E-state index contributed by atoms with van der Waals surface area (Å²) in [5.41, 5.74) is 0.975. The number of hydrogen-bond acceptors (Lipinski definition) is 3. The van der Waals surface area contributed by atoms with E-state index in [1.165, 1.54) is 11.7 Å². The summed E-state index contributed by atoms with van der Waals surface area (Å²) >= 11 is 0. The molecule has 0 radical (unpaired) electrons. The minimum atomic E-state index is -4.53.